The molecule has 0 bridgehead atoms. The molecule has 2 nitrogen and oxygen atoms in total. The summed E-state index contributed by atoms with van der Waals surface area (Å²) in [5.41, 5.74) is -0.324. The van der Waals surface area contributed by atoms with Crippen LogP contribution in [0.1, 0.15) is 6.92 Å². The molecule has 0 spiro atoms. The molecule has 0 saturated heterocycles. The van der Waals surface area contributed by atoms with Crippen molar-refractivity contribution in [3.05, 3.63) is 24.4 Å². The highest BCUT2D eigenvalue weighted by molar-refractivity contribution is 6.19. The van der Waals surface area contributed by atoms with Crippen LogP contribution < -0.4 is 4.74 Å². The van der Waals surface area contributed by atoms with Gasteiger partial charge in [0.1, 0.15) is 0 Å². The van der Waals surface area contributed by atoms with Crippen molar-refractivity contribution in [3.63, 3.8) is 0 Å². The zero-order valence-electron chi connectivity index (χ0n) is 5.62. The molecule has 1 atom stereocenters. The van der Waals surface area contributed by atoms with Crippen molar-refractivity contribution in [2.24, 2.45) is 0 Å². The van der Waals surface area contributed by atoms with Crippen LogP contribution in [0, 0.1) is 0 Å². The van der Waals surface area contributed by atoms with Gasteiger partial charge >= 0.3 is 0 Å². The maximum atomic E-state index is 5.55. The molecule has 1 aromatic rings. The Morgan fingerprint density at radius 3 is 2.90 bits per heavy atom. The fourth-order valence-electron chi connectivity index (χ4n) is 0.583. The number of ether oxygens (including phenoxy) is 1. The van der Waals surface area contributed by atoms with Gasteiger partial charge < -0.3 is 4.74 Å². The predicted molar refractivity (Wildman–Crippen MR) is 40.2 cm³/mol. The summed E-state index contributed by atoms with van der Waals surface area (Å²) in [5, 5.41) is 0. The van der Waals surface area contributed by atoms with Gasteiger partial charge in [0.05, 0.1) is 0 Å². The Labute approximate surface area is 64.8 Å². The molecule has 10 heavy (non-hydrogen) atoms. The molecule has 1 heterocycles. The van der Waals surface area contributed by atoms with Gasteiger partial charge in [-0.25, -0.2) is 4.98 Å². The van der Waals surface area contributed by atoms with Gasteiger partial charge in [0.25, 0.3) is 0 Å². The van der Waals surface area contributed by atoms with Crippen LogP contribution >= 0.6 is 11.6 Å². The van der Waals surface area contributed by atoms with E-state index in [-0.39, 0.29) is 5.56 Å². The number of hydrogen-bond acceptors (Lipinski definition) is 2. The van der Waals surface area contributed by atoms with E-state index < -0.39 is 0 Å². The van der Waals surface area contributed by atoms with E-state index in [1.807, 2.05) is 12.1 Å². The van der Waals surface area contributed by atoms with Gasteiger partial charge in [-0.2, -0.15) is 0 Å². The first-order valence-electron chi connectivity index (χ1n) is 3.01. The Morgan fingerprint density at radius 1 is 1.60 bits per heavy atom. The van der Waals surface area contributed by atoms with Crippen molar-refractivity contribution in [2.75, 3.05) is 0 Å². The largest absolute Gasteiger partial charge is 0.458 e. The average Bonchev–Trinajstić information content (AvgIpc) is 1.88. The Bertz CT molecular complexity index is 188. The van der Waals surface area contributed by atoms with Crippen LogP contribution in [-0.2, 0) is 0 Å². The Kier molecular flexibility index (Phi) is 2.51. The zero-order chi connectivity index (χ0) is 7.40. The van der Waals surface area contributed by atoms with Crippen LogP contribution in [-0.4, -0.2) is 10.5 Å². The van der Waals surface area contributed by atoms with E-state index in [1.165, 1.54) is 0 Å². The lowest BCUT2D eigenvalue weighted by Crippen LogP contribution is -2.02. The zero-order valence-corrected chi connectivity index (χ0v) is 6.38. The quantitative estimate of drug-likeness (QED) is 0.613. The molecule has 3 heteroatoms. The molecule has 0 aliphatic carbocycles. The number of aromatic nitrogens is 1. The van der Waals surface area contributed by atoms with Gasteiger partial charge in [-0.1, -0.05) is 17.7 Å². The van der Waals surface area contributed by atoms with Crippen LogP contribution in [0.25, 0.3) is 0 Å². The third-order valence-corrected chi connectivity index (χ3v) is 1.01. The number of hydrogen-bond donors (Lipinski definition) is 0. The second kappa shape index (κ2) is 3.42. The summed E-state index contributed by atoms with van der Waals surface area (Å²) in [6, 6.07) is 5.44. The summed E-state index contributed by atoms with van der Waals surface area (Å²) in [4.78, 5) is 3.91. The third-order valence-electron chi connectivity index (χ3n) is 0.921. The van der Waals surface area contributed by atoms with E-state index in [0.717, 1.165) is 0 Å². The van der Waals surface area contributed by atoms with Crippen LogP contribution in [0.4, 0.5) is 0 Å². The predicted octanol–water partition coefficient (Wildman–Crippen LogP) is 2.05. The minimum atomic E-state index is -0.324. The third kappa shape index (κ3) is 2.23. The van der Waals surface area contributed by atoms with Crippen molar-refractivity contribution in [1.29, 1.82) is 0 Å². The first-order valence-corrected chi connectivity index (χ1v) is 3.44. The molecule has 54 valence electrons. The summed E-state index contributed by atoms with van der Waals surface area (Å²) in [7, 11) is 0. The lowest BCUT2D eigenvalue weighted by molar-refractivity contribution is 0.289. The van der Waals surface area contributed by atoms with Crippen molar-refractivity contribution in [2.45, 2.75) is 12.5 Å². The summed E-state index contributed by atoms with van der Waals surface area (Å²) in [5.74, 6) is 0.560. The molecule has 0 fully saturated rings. The molecule has 0 aromatic carbocycles. The van der Waals surface area contributed by atoms with Gasteiger partial charge in [-0.3, -0.25) is 0 Å². The van der Waals surface area contributed by atoms with E-state index in [1.54, 1.807) is 19.2 Å². The van der Waals surface area contributed by atoms with Crippen LogP contribution in [0.15, 0.2) is 24.4 Å². The van der Waals surface area contributed by atoms with Crippen molar-refractivity contribution < 1.29 is 4.74 Å². The molecule has 1 aromatic heterocycles. The molecule has 0 aliphatic heterocycles. The number of nitrogens with zero attached hydrogens (tertiary/aromatic N) is 1. The normalized spacial score (nSPS) is 12.6. The average molecular weight is 158 g/mol. The Hall–Kier alpha value is -0.760. The molecular formula is C7H8ClNO. The van der Waals surface area contributed by atoms with E-state index in [4.69, 9.17) is 16.3 Å². The molecule has 0 N–H and O–H groups in total. The highest BCUT2D eigenvalue weighted by Crippen LogP contribution is 2.07. The smallest absolute Gasteiger partial charge is 0.214 e. The highest BCUT2D eigenvalue weighted by Gasteiger charge is 1.96. The second-order valence-electron chi connectivity index (χ2n) is 1.83. The first kappa shape index (κ1) is 7.35. The molecule has 1 unspecified atom stereocenters. The molecule has 0 aliphatic rings. The topological polar surface area (TPSA) is 22.1 Å². The second-order valence-corrected chi connectivity index (χ2v) is 2.44. The standard InChI is InChI=1S/C7H8ClNO/c1-6(8)10-7-4-2-3-5-9-7/h2-6H,1H3. The minimum Gasteiger partial charge on any atom is -0.458 e. The molecule has 0 radical (unpaired) electrons. The van der Waals surface area contributed by atoms with Gasteiger partial charge in [-0.15, -0.1) is 0 Å². The summed E-state index contributed by atoms with van der Waals surface area (Å²) in [6.07, 6.45) is 1.66. The summed E-state index contributed by atoms with van der Waals surface area (Å²) < 4.78 is 5.07. The Morgan fingerprint density at radius 2 is 2.40 bits per heavy atom. The van der Waals surface area contributed by atoms with E-state index in [2.05, 4.69) is 4.98 Å². The van der Waals surface area contributed by atoms with Gasteiger partial charge in [0.2, 0.25) is 5.88 Å². The molecule has 0 saturated carbocycles. The SMILES string of the molecule is CC(Cl)Oc1ccccn1. The monoisotopic (exact) mass is 157 g/mol. The van der Waals surface area contributed by atoms with Gasteiger partial charge in [-0.05, 0) is 13.0 Å². The number of halogens is 1. The first-order chi connectivity index (χ1) is 4.79. The fourth-order valence-corrected chi connectivity index (χ4v) is 0.674. The van der Waals surface area contributed by atoms with Crippen LogP contribution in [0.3, 0.4) is 0 Å². The fraction of sp³-hybridized carbons (Fsp3) is 0.286. The van der Waals surface area contributed by atoms with Crippen LogP contribution in [0.2, 0.25) is 0 Å². The van der Waals surface area contributed by atoms with E-state index in [9.17, 15) is 0 Å². The molecule has 0 amide bonds. The maximum absolute atomic E-state index is 5.55. The van der Waals surface area contributed by atoms with E-state index in [0.29, 0.717) is 5.88 Å². The lowest BCUT2D eigenvalue weighted by Gasteiger charge is -2.04. The van der Waals surface area contributed by atoms with Gasteiger partial charge in [0.15, 0.2) is 5.56 Å². The number of alkyl halides is 1. The minimum absolute atomic E-state index is 0.324. The highest BCUT2D eigenvalue weighted by atomic mass is 35.5. The molecule has 1 rings (SSSR count). The van der Waals surface area contributed by atoms with Crippen molar-refractivity contribution >= 4 is 11.6 Å². The van der Waals surface area contributed by atoms with Gasteiger partial charge in [0, 0.05) is 12.3 Å². The number of rotatable bonds is 2. The molecular weight excluding hydrogens is 150 g/mol. The lowest BCUT2D eigenvalue weighted by atomic mass is 10.5. The summed E-state index contributed by atoms with van der Waals surface area (Å²) in [6.45, 7) is 1.75. The van der Waals surface area contributed by atoms with E-state index >= 15 is 0 Å². The van der Waals surface area contributed by atoms with Crippen molar-refractivity contribution in [3.8, 4) is 5.88 Å². The Balaban J connectivity index is 2.59. The number of pyridine rings is 1. The van der Waals surface area contributed by atoms with Crippen LogP contribution in [0.5, 0.6) is 5.88 Å². The maximum Gasteiger partial charge on any atom is 0.214 e. The summed E-state index contributed by atoms with van der Waals surface area (Å²) >= 11 is 5.55. The van der Waals surface area contributed by atoms with Crippen molar-refractivity contribution in [1.82, 2.24) is 4.98 Å².